The molecule has 0 fully saturated rings. The molecule has 3 rings (SSSR count). The van der Waals surface area contributed by atoms with E-state index in [-0.39, 0.29) is 0 Å². The molecule has 0 atom stereocenters. The molecule has 1 heterocycles. The lowest BCUT2D eigenvalue weighted by atomic mass is 9.94. The van der Waals surface area contributed by atoms with Crippen molar-refractivity contribution in [3.63, 3.8) is 0 Å². The van der Waals surface area contributed by atoms with Crippen LogP contribution in [0.4, 0.5) is 0 Å². The van der Waals surface area contributed by atoms with Gasteiger partial charge in [0.1, 0.15) is 0 Å². The van der Waals surface area contributed by atoms with Crippen molar-refractivity contribution in [2.45, 2.75) is 19.5 Å². The number of rotatable bonds is 0. The van der Waals surface area contributed by atoms with Crippen LogP contribution in [0.25, 0.3) is 0 Å². The fourth-order valence-electron chi connectivity index (χ4n) is 2.34. The molecule has 2 aromatic carbocycles. The Balaban J connectivity index is 2.06. The third-order valence-corrected chi connectivity index (χ3v) is 3.25. The molecule has 2 aromatic rings. The molecule has 0 radical (unpaired) electrons. The van der Waals surface area contributed by atoms with Crippen molar-refractivity contribution in [3.8, 4) is 0 Å². The second kappa shape index (κ2) is 4.11. The first kappa shape index (κ1) is 9.61. The molecule has 0 unspecified atom stereocenters. The van der Waals surface area contributed by atoms with Gasteiger partial charge in [-0.15, -0.1) is 0 Å². The van der Waals surface area contributed by atoms with E-state index in [1.165, 1.54) is 22.3 Å². The van der Waals surface area contributed by atoms with Gasteiger partial charge < -0.3 is 5.32 Å². The lowest BCUT2D eigenvalue weighted by Gasteiger charge is -2.17. The maximum absolute atomic E-state index is 3.50. The quantitative estimate of drug-likeness (QED) is 0.703. The third-order valence-electron chi connectivity index (χ3n) is 3.25. The highest BCUT2D eigenvalue weighted by atomic mass is 14.8. The summed E-state index contributed by atoms with van der Waals surface area (Å²) in [5.74, 6) is 0. The highest BCUT2D eigenvalue weighted by Crippen LogP contribution is 2.19. The second-order valence-electron chi connectivity index (χ2n) is 4.32. The normalized spacial score (nSPS) is 14.5. The zero-order valence-corrected chi connectivity index (χ0v) is 9.24. The Morgan fingerprint density at radius 3 is 1.56 bits per heavy atom. The first-order valence-electron chi connectivity index (χ1n) is 5.78. The number of nitrogens with one attached hydrogen (secondary N) is 1. The molecule has 16 heavy (non-hydrogen) atoms. The summed E-state index contributed by atoms with van der Waals surface area (Å²) in [5.41, 5.74) is 5.75. The predicted octanol–water partition coefficient (Wildman–Crippen LogP) is 2.88. The van der Waals surface area contributed by atoms with Crippen LogP contribution in [0.15, 0.2) is 48.5 Å². The fraction of sp³-hybridized carbons (Fsp3) is 0.200. The van der Waals surface area contributed by atoms with Gasteiger partial charge in [-0.1, -0.05) is 48.5 Å². The average molecular weight is 209 g/mol. The van der Waals surface area contributed by atoms with Crippen molar-refractivity contribution < 1.29 is 0 Å². The highest BCUT2D eigenvalue weighted by molar-refractivity contribution is 5.37. The van der Waals surface area contributed by atoms with E-state index < -0.39 is 0 Å². The van der Waals surface area contributed by atoms with Crippen LogP contribution in [0, 0.1) is 0 Å². The summed E-state index contributed by atoms with van der Waals surface area (Å²) in [6.45, 7) is 1.95. The number of benzene rings is 2. The van der Waals surface area contributed by atoms with Gasteiger partial charge in [-0.3, -0.25) is 0 Å². The summed E-state index contributed by atoms with van der Waals surface area (Å²) >= 11 is 0. The van der Waals surface area contributed by atoms with E-state index in [0.717, 1.165) is 19.5 Å². The number of hydrogen-bond donors (Lipinski definition) is 1. The molecular formula is C15H15N. The van der Waals surface area contributed by atoms with E-state index in [1.54, 1.807) is 0 Å². The van der Waals surface area contributed by atoms with Crippen molar-refractivity contribution in [1.29, 1.82) is 0 Å². The first-order valence-corrected chi connectivity index (χ1v) is 5.78. The SMILES string of the molecule is c1ccc2c(c1)CNCc1ccccc1C2. The Bertz CT molecular complexity index is 457. The molecule has 1 aliphatic heterocycles. The molecule has 1 heteroatoms. The van der Waals surface area contributed by atoms with Crippen molar-refractivity contribution in [3.05, 3.63) is 70.8 Å². The minimum atomic E-state index is 0.977. The molecule has 0 spiro atoms. The van der Waals surface area contributed by atoms with E-state index >= 15 is 0 Å². The molecule has 0 aromatic heterocycles. The molecule has 80 valence electrons. The molecule has 1 aliphatic rings. The van der Waals surface area contributed by atoms with Gasteiger partial charge in [-0.25, -0.2) is 0 Å². The molecule has 0 amide bonds. The zero-order chi connectivity index (χ0) is 10.8. The molecule has 0 bridgehead atoms. The highest BCUT2D eigenvalue weighted by Gasteiger charge is 2.09. The van der Waals surface area contributed by atoms with Gasteiger partial charge >= 0.3 is 0 Å². The van der Waals surface area contributed by atoms with Crippen molar-refractivity contribution in [2.24, 2.45) is 0 Å². The van der Waals surface area contributed by atoms with E-state index in [2.05, 4.69) is 53.8 Å². The summed E-state index contributed by atoms with van der Waals surface area (Å²) in [5, 5.41) is 3.50. The lowest BCUT2D eigenvalue weighted by Crippen LogP contribution is -2.18. The van der Waals surface area contributed by atoms with Crippen molar-refractivity contribution >= 4 is 0 Å². The maximum atomic E-state index is 3.50. The van der Waals surface area contributed by atoms with Crippen LogP contribution in [0.1, 0.15) is 22.3 Å². The number of fused-ring (bicyclic) bond motifs is 2. The summed E-state index contributed by atoms with van der Waals surface area (Å²) < 4.78 is 0. The number of hydrogen-bond acceptors (Lipinski definition) is 1. The zero-order valence-electron chi connectivity index (χ0n) is 9.24. The predicted molar refractivity (Wildman–Crippen MR) is 66.2 cm³/mol. The van der Waals surface area contributed by atoms with E-state index in [1.807, 2.05) is 0 Å². The Hall–Kier alpha value is -1.60. The smallest absolute Gasteiger partial charge is 0.0211 e. The molecular weight excluding hydrogens is 194 g/mol. The van der Waals surface area contributed by atoms with Gasteiger partial charge in [0, 0.05) is 13.1 Å². The van der Waals surface area contributed by atoms with Gasteiger partial charge in [-0.05, 0) is 28.7 Å². The Kier molecular flexibility index (Phi) is 2.47. The fourth-order valence-corrected chi connectivity index (χ4v) is 2.34. The van der Waals surface area contributed by atoms with Crippen molar-refractivity contribution in [2.75, 3.05) is 0 Å². The minimum Gasteiger partial charge on any atom is -0.309 e. The van der Waals surface area contributed by atoms with Crippen LogP contribution in [-0.2, 0) is 19.5 Å². The van der Waals surface area contributed by atoms with Crippen molar-refractivity contribution in [1.82, 2.24) is 5.32 Å². The van der Waals surface area contributed by atoms with Crippen LogP contribution in [0.5, 0.6) is 0 Å². The second-order valence-corrected chi connectivity index (χ2v) is 4.32. The van der Waals surface area contributed by atoms with Crippen LogP contribution in [0.3, 0.4) is 0 Å². The Morgan fingerprint density at radius 1 is 0.625 bits per heavy atom. The monoisotopic (exact) mass is 209 g/mol. The molecule has 0 saturated heterocycles. The van der Waals surface area contributed by atoms with Crippen LogP contribution in [0.2, 0.25) is 0 Å². The van der Waals surface area contributed by atoms with Gasteiger partial charge in [0.25, 0.3) is 0 Å². The molecule has 0 aliphatic carbocycles. The molecule has 1 N–H and O–H groups in total. The van der Waals surface area contributed by atoms with Gasteiger partial charge in [0.2, 0.25) is 0 Å². The van der Waals surface area contributed by atoms with Gasteiger partial charge in [0.15, 0.2) is 0 Å². The first-order chi connectivity index (χ1) is 7.93. The van der Waals surface area contributed by atoms with Gasteiger partial charge in [0.05, 0.1) is 0 Å². The Labute approximate surface area is 96.1 Å². The van der Waals surface area contributed by atoms with Crippen LogP contribution < -0.4 is 5.32 Å². The molecule has 1 nitrogen and oxygen atoms in total. The summed E-state index contributed by atoms with van der Waals surface area (Å²) in [6, 6.07) is 17.4. The maximum Gasteiger partial charge on any atom is 0.0211 e. The topological polar surface area (TPSA) is 12.0 Å². The van der Waals surface area contributed by atoms with Crippen LogP contribution >= 0.6 is 0 Å². The van der Waals surface area contributed by atoms with Crippen LogP contribution in [-0.4, -0.2) is 0 Å². The standard InChI is InChI=1S/C15H15N/c1-3-7-14-10-16-11-15-8-4-2-6-13(15)9-12(14)5-1/h1-8,16H,9-11H2. The lowest BCUT2D eigenvalue weighted by molar-refractivity contribution is 0.675. The largest absolute Gasteiger partial charge is 0.309 e. The van der Waals surface area contributed by atoms with E-state index in [9.17, 15) is 0 Å². The summed E-state index contributed by atoms with van der Waals surface area (Å²) in [6.07, 6.45) is 1.06. The third kappa shape index (κ3) is 1.74. The Morgan fingerprint density at radius 2 is 1.06 bits per heavy atom. The summed E-state index contributed by atoms with van der Waals surface area (Å²) in [7, 11) is 0. The van der Waals surface area contributed by atoms with E-state index in [4.69, 9.17) is 0 Å². The van der Waals surface area contributed by atoms with Gasteiger partial charge in [-0.2, -0.15) is 0 Å². The van der Waals surface area contributed by atoms with E-state index in [0.29, 0.717) is 0 Å². The minimum absolute atomic E-state index is 0.977. The molecule has 0 saturated carbocycles. The summed E-state index contributed by atoms with van der Waals surface area (Å²) in [4.78, 5) is 0. The average Bonchev–Trinajstić information content (AvgIpc) is 2.29.